The highest BCUT2D eigenvalue weighted by molar-refractivity contribution is 6.18. The smallest absolute Gasteiger partial charge is 0.303 e. The first kappa shape index (κ1) is 28.3. The van der Waals surface area contributed by atoms with Crippen molar-refractivity contribution in [2.45, 2.75) is 98.7 Å². The lowest BCUT2D eigenvalue weighted by Crippen LogP contribution is -2.65. The van der Waals surface area contributed by atoms with Gasteiger partial charge in [0.1, 0.15) is 11.6 Å². The predicted octanol–water partition coefficient (Wildman–Crippen LogP) is 3.00. The van der Waals surface area contributed by atoms with Crippen LogP contribution in [0.25, 0.3) is 0 Å². The van der Waals surface area contributed by atoms with Crippen molar-refractivity contribution in [3.05, 3.63) is 11.1 Å². The first-order valence-corrected chi connectivity index (χ1v) is 13.3. The zero-order valence-electron chi connectivity index (χ0n) is 23.2. The number of allylic oxidation sites excluding steroid dienone is 1. The summed E-state index contributed by atoms with van der Waals surface area (Å²) in [6.07, 6.45) is -1.70. The summed E-state index contributed by atoms with van der Waals surface area (Å²) in [5, 5.41) is 20.8. The van der Waals surface area contributed by atoms with Gasteiger partial charge in [-0.3, -0.25) is 28.8 Å². The predicted molar refractivity (Wildman–Crippen MR) is 134 cm³/mol. The number of ether oxygens (including phenoxy) is 1. The number of Topliss-reactive ketones (excluding diaryl/α,β-unsaturated/α-hetero) is 4. The molecule has 0 amide bonds. The van der Waals surface area contributed by atoms with E-state index in [2.05, 4.69) is 0 Å². The maximum atomic E-state index is 14.5. The van der Waals surface area contributed by atoms with Crippen molar-refractivity contribution in [2.24, 2.45) is 33.5 Å². The maximum Gasteiger partial charge on any atom is 0.303 e. The summed E-state index contributed by atoms with van der Waals surface area (Å²) < 4.78 is 5.69. The highest BCUT2D eigenvalue weighted by Crippen LogP contribution is 2.70. The highest BCUT2D eigenvalue weighted by Gasteiger charge is 2.76. The number of rotatable bonds is 5. The topological polar surface area (TPSA) is 152 Å². The summed E-state index contributed by atoms with van der Waals surface area (Å²) in [5.41, 5.74) is -6.27. The van der Waals surface area contributed by atoms with Crippen molar-refractivity contribution < 1.29 is 43.7 Å². The Kier molecular flexibility index (Phi) is 6.27. The molecule has 0 aliphatic heterocycles. The lowest BCUT2D eigenvalue weighted by molar-refractivity contribution is -0.183. The van der Waals surface area contributed by atoms with E-state index in [1.54, 1.807) is 27.7 Å². The molecule has 9 nitrogen and oxygen atoms in total. The Bertz CT molecular complexity index is 1210. The van der Waals surface area contributed by atoms with Crippen LogP contribution in [0, 0.1) is 33.5 Å². The molecule has 2 N–H and O–H groups in total. The number of aliphatic carboxylic acids is 1. The van der Waals surface area contributed by atoms with Gasteiger partial charge in [-0.2, -0.15) is 0 Å². The van der Waals surface area contributed by atoms with E-state index in [-0.39, 0.29) is 60.6 Å². The summed E-state index contributed by atoms with van der Waals surface area (Å²) in [6, 6.07) is 0. The van der Waals surface area contributed by atoms with Crippen molar-refractivity contribution in [3.8, 4) is 0 Å². The Morgan fingerprint density at radius 3 is 2.16 bits per heavy atom. The zero-order chi connectivity index (χ0) is 28.8. The van der Waals surface area contributed by atoms with E-state index >= 15 is 0 Å². The van der Waals surface area contributed by atoms with Gasteiger partial charge in [-0.1, -0.05) is 27.7 Å². The van der Waals surface area contributed by atoms with Crippen LogP contribution in [-0.2, 0) is 33.5 Å². The molecule has 0 spiro atoms. The van der Waals surface area contributed by atoms with Crippen molar-refractivity contribution in [1.29, 1.82) is 0 Å². The van der Waals surface area contributed by atoms with Crippen molar-refractivity contribution in [3.63, 3.8) is 0 Å². The molecule has 4 aliphatic rings. The van der Waals surface area contributed by atoms with Crippen LogP contribution in [0.3, 0.4) is 0 Å². The van der Waals surface area contributed by atoms with E-state index < -0.39 is 62.9 Å². The Morgan fingerprint density at radius 2 is 1.61 bits per heavy atom. The molecule has 0 aromatic heterocycles. The van der Waals surface area contributed by atoms with Gasteiger partial charge < -0.3 is 14.9 Å². The molecule has 2 fully saturated rings. The van der Waals surface area contributed by atoms with E-state index in [1.165, 1.54) is 6.92 Å². The van der Waals surface area contributed by atoms with E-state index in [0.29, 0.717) is 6.42 Å². The molecule has 4 aliphatic carbocycles. The third-order valence-corrected chi connectivity index (χ3v) is 10.9. The molecular weight excluding hydrogens is 492 g/mol. The second-order valence-electron chi connectivity index (χ2n) is 13.2. The monoisotopic (exact) mass is 530 g/mol. The molecule has 4 rings (SSSR count). The average Bonchev–Trinajstić information content (AvgIpc) is 3.02. The summed E-state index contributed by atoms with van der Waals surface area (Å²) in [4.78, 5) is 79.0. The molecule has 0 heterocycles. The quantitative estimate of drug-likeness (QED) is 0.511. The third-order valence-electron chi connectivity index (χ3n) is 10.9. The van der Waals surface area contributed by atoms with Crippen molar-refractivity contribution >= 4 is 35.1 Å². The third kappa shape index (κ3) is 3.46. The minimum absolute atomic E-state index is 0.00138. The number of ketones is 4. The molecular formula is C29H38O9. The molecule has 0 saturated heterocycles. The van der Waals surface area contributed by atoms with Gasteiger partial charge in [-0.05, 0) is 32.6 Å². The number of hydrogen-bond acceptors (Lipinski definition) is 8. The summed E-state index contributed by atoms with van der Waals surface area (Å²) in [5.74, 6) is -4.61. The summed E-state index contributed by atoms with van der Waals surface area (Å²) in [7, 11) is 0. The van der Waals surface area contributed by atoms with Gasteiger partial charge in [0.15, 0.2) is 11.9 Å². The Hall–Kier alpha value is -2.68. The summed E-state index contributed by atoms with van der Waals surface area (Å²) >= 11 is 0. The van der Waals surface area contributed by atoms with Gasteiger partial charge in [0.2, 0.25) is 5.78 Å². The average molecular weight is 531 g/mol. The van der Waals surface area contributed by atoms with E-state index in [0.717, 1.165) is 6.92 Å². The SMILES string of the molecule is CC(=O)OC1C(=O)C2=C(C(=O)CC3C(C)(C)C(=O)CCC23C)C2(C)C(=O)CC(C(C)(O)CCC(=O)O)C12C. The minimum atomic E-state index is -1.71. The van der Waals surface area contributed by atoms with Crippen LogP contribution >= 0.6 is 0 Å². The van der Waals surface area contributed by atoms with Gasteiger partial charge in [0, 0.05) is 65.9 Å². The Labute approximate surface area is 222 Å². The van der Waals surface area contributed by atoms with E-state index in [4.69, 9.17) is 4.74 Å². The maximum absolute atomic E-state index is 14.5. The fraction of sp³-hybridized carbons (Fsp3) is 0.724. The molecule has 0 aromatic rings. The molecule has 0 radical (unpaired) electrons. The van der Waals surface area contributed by atoms with Crippen LogP contribution in [0.1, 0.15) is 87.0 Å². The fourth-order valence-corrected chi connectivity index (χ4v) is 8.54. The molecule has 0 bridgehead atoms. The number of carbonyl (C=O) groups is 6. The first-order valence-electron chi connectivity index (χ1n) is 13.3. The van der Waals surface area contributed by atoms with Gasteiger partial charge in [-0.15, -0.1) is 0 Å². The number of carbonyl (C=O) groups excluding carboxylic acids is 5. The van der Waals surface area contributed by atoms with E-state index in [1.807, 2.05) is 6.92 Å². The van der Waals surface area contributed by atoms with Crippen LogP contribution in [0.4, 0.5) is 0 Å². The lowest BCUT2D eigenvalue weighted by atomic mass is 9.42. The number of hydrogen-bond donors (Lipinski definition) is 2. The first-order chi connectivity index (χ1) is 17.3. The molecule has 7 unspecified atom stereocenters. The van der Waals surface area contributed by atoms with Gasteiger partial charge in [0.05, 0.1) is 11.0 Å². The molecule has 9 heteroatoms. The van der Waals surface area contributed by atoms with Gasteiger partial charge in [-0.25, -0.2) is 0 Å². The van der Waals surface area contributed by atoms with Gasteiger partial charge >= 0.3 is 11.9 Å². The fourth-order valence-electron chi connectivity index (χ4n) is 8.54. The van der Waals surface area contributed by atoms with Crippen LogP contribution < -0.4 is 0 Å². The van der Waals surface area contributed by atoms with Crippen LogP contribution in [-0.4, -0.2) is 57.0 Å². The van der Waals surface area contributed by atoms with Crippen LogP contribution in [0.5, 0.6) is 0 Å². The number of carboxylic acids is 1. The van der Waals surface area contributed by atoms with Crippen molar-refractivity contribution in [1.82, 2.24) is 0 Å². The highest BCUT2D eigenvalue weighted by atomic mass is 16.5. The number of fused-ring (bicyclic) bond motifs is 4. The molecule has 7 atom stereocenters. The normalized spacial score (nSPS) is 39.7. The second-order valence-corrected chi connectivity index (χ2v) is 13.2. The molecule has 2 saturated carbocycles. The number of esters is 1. The number of carboxylic acid groups (broad SMARTS) is 1. The minimum Gasteiger partial charge on any atom is -0.481 e. The van der Waals surface area contributed by atoms with Crippen molar-refractivity contribution in [2.75, 3.05) is 0 Å². The van der Waals surface area contributed by atoms with E-state index in [9.17, 15) is 39.0 Å². The van der Waals surface area contributed by atoms with Crippen LogP contribution in [0.2, 0.25) is 0 Å². The molecule has 208 valence electrons. The molecule has 38 heavy (non-hydrogen) atoms. The number of aliphatic hydroxyl groups is 1. The largest absolute Gasteiger partial charge is 0.481 e. The second kappa shape index (κ2) is 8.41. The zero-order valence-corrected chi connectivity index (χ0v) is 23.2. The standard InChI is InChI=1S/C29H38O9/c1-14(30)38-24-23(36)22-21(15(31)12-16-25(2,3)18(32)8-10-26(16,22)4)29(7)19(33)13-17(28(24,29)6)27(5,37)11-9-20(34)35/h16-17,24,37H,8-13H2,1-7H3,(H,34,35). The van der Waals surface area contributed by atoms with Gasteiger partial charge in [0.25, 0.3) is 0 Å². The Morgan fingerprint density at radius 1 is 1.00 bits per heavy atom. The molecule has 0 aromatic carbocycles. The Balaban J connectivity index is 2.01. The summed E-state index contributed by atoms with van der Waals surface area (Å²) in [6.45, 7) is 11.2. The van der Waals surface area contributed by atoms with Crippen LogP contribution in [0.15, 0.2) is 11.1 Å². The lowest BCUT2D eigenvalue weighted by Gasteiger charge is -2.60.